The van der Waals surface area contributed by atoms with Gasteiger partial charge in [-0.2, -0.15) is 13.2 Å². The molecule has 2 aliphatic rings. The number of fused-ring (bicyclic) bond motifs is 1. The van der Waals surface area contributed by atoms with Crippen molar-refractivity contribution in [2.45, 2.75) is 44.9 Å². The van der Waals surface area contributed by atoms with Crippen molar-refractivity contribution in [1.29, 1.82) is 0 Å². The molecule has 4 rings (SSSR count). The molecule has 0 bridgehead atoms. The first-order valence-corrected chi connectivity index (χ1v) is 9.16. The fraction of sp³-hybridized carbons (Fsp3) is 0.318. The lowest BCUT2D eigenvalue weighted by Crippen LogP contribution is -2.46. The van der Waals surface area contributed by atoms with Crippen LogP contribution in [0.2, 0.25) is 0 Å². The highest BCUT2D eigenvalue weighted by Crippen LogP contribution is 2.51. The molecule has 3 nitrogen and oxygen atoms in total. The molecule has 0 radical (unpaired) electrons. The Kier molecular flexibility index (Phi) is 4.16. The van der Waals surface area contributed by atoms with Crippen molar-refractivity contribution in [1.82, 2.24) is 10.4 Å². The van der Waals surface area contributed by atoms with Crippen molar-refractivity contribution in [2.24, 2.45) is 0 Å². The molecule has 2 aromatic rings. The van der Waals surface area contributed by atoms with E-state index < -0.39 is 17.3 Å². The lowest BCUT2D eigenvalue weighted by molar-refractivity contribution is -0.137. The van der Waals surface area contributed by atoms with Crippen LogP contribution in [0.3, 0.4) is 0 Å². The van der Waals surface area contributed by atoms with Crippen LogP contribution in [-0.4, -0.2) is 16.5 Å². The molecule has 28 heavy (non-hydrogen) atoms. The lowest BCUT2D eigenvalue weighted by atomic mass is 9.92. The molecule has 6 heteroatoms. The SMILES string of the molecule is CC1=C(c2ccccc2)C(N2NC(=O)CC2(C)C)c2ccc(C(F)(F)F)cc21. The van der Waals surface area contributed by atoms with Gasteiger partial charge in [-0.3, -0.25) is 10.2 Å². The summed E-state index contributed by atoms with van der Waals surface area (Å²) in [7, 11) is 0. The van der Waals surface area contributed by atoms with Gasteiger partial charge in [-0.25, -0.2) is 5.01 Å². The van der Waals surface area contributed by atoms with Crippen LogP contribution < -0.4 is 5.43 Å². The molecule has 146 valence electrons. The minimum atomic E-state index is -4.40. The molecule has 1 fully saturated rings. The van der Waals surface area contributed by atoms with Gasteiger partial charge in [0.05, 0.1) is 11.6 Å². The molecule has 0 saturated carbocycles. The van der Waals surface area contributed by atoms with Gasteiger partial charge in [-0.1, -0.05) is 36.4 Å². The molecular formula is C22H21F3N2O. The molecule has 1 unspecified atom stereocenters. The van der Waals surface area contributed by atoms with Crippen LogP contribution in [0, 0.1) is 0 Å². The van der Waals surface area contributed by atoms with Gasteiger partial charge in [0.2, 0.25) is 5.91 Å². The number of rotatable bonds is 2. The Bertz CT molecular complexity index is 977. The fourth-order valence-electron chi connectivity index (χ4n) is 4.28. The lowest BCUT2D eigenvalue weighted by Gasteiger charge is -2.37. The fourth-order valence-corrected chi connectivity index (χ4v) is 4.28. The van der Waals surface area contributed by atoms with E-state index in [1.165, 1.54) is 6.07 Å². The summed E-state index contributed by atoms with van der Waals surface area (Å²) in [6.45, 7) is 5.78. The first-order valence-electron chi connectivity index (χ1n) is 9.16. The summed E-state index contributed by atoms with van der Waals surface area (Å²) in [6.07, 6.45) is -4.07. The van der Waals surface area contributed by atoms with E-state index in [2.05, 4.69) is 5.43 Å². The van der Waals surface area contributed by atoms with E-state index in [9.17, 15) is 18.0 Å². The van der Waals surface area contributed by atoms with Crippen molar-refractivity contribution >= 4 is 17.1 Å². The molecule has 0 spiro atoms. The highest BCUT2D eigenvalue weighted by molar-refractivity contribution is 5.99. The van der Waals surface area contributed by atoms with Crippen LogP contribution in [0.1, 0.15) is 55.5 Å². The zero-order valence-electron chi connectivity index (χ0n) is 15.9. The number of alkyl halides is 3. The topological polar surface area (TPSA) is 32.3 Å². The van der Waals surface area contributed by atoms with Gasteiger partial charge < -0.3 is 0 Å². The quantitative estimate of drug-likeness (QED) is 0.769. The number of nitrogens with one attached hydrogen (secondary N) is 1. The van der Waals surface area contributed by atoms with Gasteiger partial charge in [0.15, 0.2) is 0 Å². The Balaban J connectivity index is 1.93. The molecule has 1 N–H and O–H groups in total. The third-order valence-electron chi connectivity index (χ3n) is 5.59. The first-order chi connectivity index (χ1) is 13.1. The highest BCUT2D eigenvalue weighted by Gasteiger charge is 2.46. The maximum Gasteiger partial charge on any atom is 0.416 e. The minimum absolute atomic E-state index is 0.0876. The van der Waals surface area contributed by atoms with Gasteiger partial charge in [-0.05, 0) is 60.7 Å². The smallest absolute Gasteiger partial charge is 0.287 e. The summed E-state index contributed by atoms with van der Waals surface area (Å²) < 4.78 is 39.9. The second kappa shape index (κ2) is 6.21. The zero-order valence-corrected chi connectivity index (χ0v) is 15.9. The van der Waals surface area contributed by atoms with Crippen LogP contribution in [-0.2, 0) is 11.0 Å². The van der Waals surface area contributed by atoms with Gasteiger partial charge in [0.25, 0.3) is 0 Å². The van der Waals surface area contributed by atoms with E-state index in [1.54, 1.807) is 6.07 Å². The number of benzene rings is 2. The number of hydrogen-bond acceptors (Lipinski definition) is 2. The van der Waals surface area contributed by atoms with Crippen LogP contribution in [0.4, 0.5) is 13.2 Å². The largest absolute Gasteiger partial charge is 0.416 e. The molecule has 0 aromatic heterocycles. The van der Waals surface area contributed by atoms with E-state index in [-0.39, 0.29) is 11.9 Å². The molecule has 1 amide bonds. The number of amides is 1. The summed E-state index contributed by atoms with van der Waals surface area (Å²) >= 11 is 0. The number of nitrogens with zero attached hydrogens (tertiary/aromatic N) is 1. The monoisotopic (exact) mass is 386 g/mol. The second-order valence-electron chi connectivity index (χ2n) is 8.00. The average Bonchev–Trinajstić information content (AvgIpc) is 3.06. The van der Waals surface area contributed by atoms with Gasteiger partial charge in [0, 0.05) is 12.0 Å². The summed E-state index contributed by atoms with van der Waals surface area (Å²) in [5, 5.41) is 1.89. The first kappa shape index (κ1) is 18.7. The van der Waals surface area contributed by atoms with E-state index in [0.29, 0.717) is 12.0 Å². The van der Waals surface area contributed by atoms with Gasteiger partial charge >= 0.3 is 6.18 Å². The van der Waals surface area contributed by atoms with Gasteiger partial charge in [-0.15, -0.1) is 0 Å². The Morgan fingerprint density at radius 3 is 2.36 bits per heavy atom. The Hall–Kier alpha value is -2.60. The molecule has 1 heterocycles. The number of hydrazine groups is 1. The van der Waals surface area contributed by atoms with Crippen molar-refractivity contribution in [2.75, 3.05) is 0 Å². The number of halogens is 3. The number of allylic oxidation sites excluding steroid dienone is 1. The third-order valence-corrected chi connectivity index (χ3v) is 5.59. The predicted molar refractivity (Wildman–Crippen MR) is 102 cm³/mol. The summed E-state index contributed by atoms with van der Waals surface area (Å²) in [4.78, 5) is 12.1. The standard InChI is InChI=1S/C22H21F3N2O/c1-13-17-11-15(22(23,24)25)9-10-16(17)20(19(13)14-7-5-4-6-8-14)27-21(2,3)12-18(28)26-27/h4-11,20H,12H2,1-3H3,(H,26,28). The third kappa shape index (κ3) is 2.92. The number of carbonyl (C=O) groups excluding carboxylic acids is 1. The Morgan fingerprint density at radius 2 is 1.79 bits per heavy atom. The molecule has 2 aromatic carbocycles. The molecular weight excluding hydrogens is 365 g/mol. The maximum absolute atomic E-state index is 13.3. The van der Waals surface area contributed by atoms with Crippen molar-refractivity contribution in [3.05, 3.63) is 70.8 Å². The summed E-state index contributed by atoms with van der Waals surface area (Å²) in [5.41, 5.74) is 5.82. The Morgan fingerprint density at radius 1 is 1.11 bits per heavy atom. The minimum Gasteiger partial charge on any atom is -0.287 e. The normalized spacial score (nSPS) is 21.8. The molecule has 1 saturated heterocycles. The van der Waals surface area contributed by atoms with E-state index in [0.717, 1.165) is 28.3 Å². The number of hydrogen-bond donors (Lipinski definition) is 1. The van der Waals surface area contributed by atoms with E-state index >= 15 is 0 Å². The van der Waals surface area contributed by atoms with E-state index in [1.807, 2.05) is 56.1 Å². The highest BCUT2D eigenvalue weighted by atomic mass is 19.4. The average molecular weight is 386 g/mol. The maximum atomic E-state index is 13.3. The molecule has 1 aliphatic carbocycles. The van der Waals surface area contributed by atoms with Crippen LogP contribution in [0.15, 0.2) is 48.5 Å². The van der Waals surface area contributed by atoms with E-state index in [4.69, 9.17) is 0 Å². The van der Waals surface area contributed by atoms with Crippen LogP contribution in [0.25, 0.3) is 11.1 Å². The van der Waals surface area contributed by atoms with Crippen LogP contribution >= 0.6 is 0 Å². The van der Waals surface area contributed by atoms with Crippen LogP contribution in [0.5, 0.6) is 0 Å². The molecule has 1 atom stereocenters. The molecule has 1 aliphatic heterocycles. The summed E-state index contributed by atoms with van der Waals surface area (Å²) in [6, 6.07) is 13.2. The van der Waals surface area contributed by atoms with Crippen molar-refractivity contribution in [3.8, 4) is 0 Å². The number of carbonyl (C=O) groups is 1. The Labute approximate surface area is 161 Å². The van der Waals surface area contributed by atoms with Gasteiger partial charge in [0.1, 0.15) is 0 Å². The second-order valence-corrected chi connectivity index (χ2v) is 8.00. The van der Waals surface area contributed by atoms with Crippen molar-refractivity contribution in [3.63, 3.8) is 0 Å². The zero-order chi connectivity index (χ0) is 20.3. The summed E-state index contributed by atoms with van der Waals surface area (Å²) in [5.74, 6) is -0.0876. The predicted octanol–water partition coefficient (Wildman–Crippen LogP) is 5.21. The van der Waals surface area contributed by atoms with Crippen molar-refractivity contribution < 1.29 is 18.0 Å².